The van der Waals surface area contributed by atoms with Crippen molar-refractivity contribution >= 4 is 0 Å². The molecule has 2 unspecified atom stereocenters. The molecule has 2 saturated heterocycles. The van der Waals surface area contributed by atoms with Gasteiger partial charge in [0.1, 0.15) is 0 Å². The van der Waals surface area contributed by atoms with Gasteiger partial charge in [0, 0.05) is 12.6 Å². The van der Waals surface area contributed by atoms with Crippen molar-refractivity contribution in [3.8, 4) is 0 Å². The SMILES string of the molecule is CC.CC.CCN1CCC2CCN(C)C2C1. The first-order chi connectivity index (χ1) is 7.81. The van der Waals surface area contributed by atoms with E-state index in [1.807, 2.05) is 27.7 Å². The highest BCUT2D eigenvalue weighted by Gasteiger charge is 2.35. The Labute approximate surface area is 103 Å². The number of hydrogen-bond acceptors (Lipinski definition) is 2. The van der Waals surface area contributed by atoms with Crippen LogP contribution in [0.1, 0.15) is 47.5 Å². The molecule has 0 spiro atoms. The van der Waals surface area contributed by atoms with Crippen LogP contribution in [0.15, 0.2) is 0 Å². The molecule has 0 aliphatic carbocycles. The molecular weight excluding hydrogens is 196 g/mol. The molecule has 0 aromatic carbocycles. The zero-order valence-electron chi connectivity index (χ0n) is 12.3. The molecule has 0 N–H and O–H groups in total. The van der Waals surface area contributed by atoms with Crippen molar-refractivity contribution in [1.82, 2.24) is 9.80 Å². The maximum atomic E-state index is 2.59. The fourth-order valence-electron chi connectivity index (χ4n) is 2.70. The molecule has 0 amide bonds. The summed E-state index contributed by atoms with van der Waals surface area (Å²) in [5, 5.41) is 0. The quantitative estimate of drug-likeness (QED) is 0.680. The summed E-state index contributed by atoms with van der Waals surface area (Å²) in [4.78, 5) is 5.13. The molecule has 2 nitrogen and oxygen atoms in total. The van der Waals surface area contributed by atoms with E-state index in [1.165, 1.54) is 39.0 Å². The first-order valence-electron chi connectivity index (χ1n) is 7.24. The van der Waals surface area contributed by atoms with E-state index in [0.717, 1.165) is 12.0 Å². The van der Waals surface area contributed by atoms with E-state index < -0.39 is 0 Å². The van der Waals surface area contributed by atoms with Crippen LogP contribution in [-0.4, -0.2) is 49.1 Å². The van der Waals surface area contributed by atoms with E-state index in [9.17, 15) is 0 Å². The largest absolute Gasteiger partial charge is 0.302 e. The molecule has 0 aromatic heterocycles. The van der Waals surface area contributed by atoms with Crippen LogP contribution < -0.4 is 0 Å². The zero-order chi connectivity index (χ0) is 12.6. The molecule has 2 atom stereocenters. The Morgan fingerprint density at radius 2 is 1.56 bits per heavy atom. The summed E-state index contributed by atoms with van der Waals surface area (Å²) in [6.45, 7) is 15.5. The molecule has 2 rings (SSSR count). The van der Waals surface area contributed by atoms with Gasteiger partial charge in [-0.25, -0.2) is 0 Å². The lowest BCUT2D eigenvalue weighted by atomic mass is 9.92. The number of hydrogen-bond donors (Lipinski definition) is 0. The number of likely N-dealkylation sites (tertiary alicyclic amines) is 2. The van der Waals surface area contributed by atoms with Crippen molar-refractivity contribution in [3.05, 3.63) is 0 Å². The van der Waals surface area contributed by atoms with Gasteiger partial charge in [-0.05, 0) is 45.4 Å². The van der Waals surface area contributed by atoms with E-state index in [1.54, 1.807) is 0 Å². The molecule has 2 heterocycles. The predicted octanol–water partition coefficient (Wildman–Crippen LogP) is 3.08. The van der Waals surface area contributed by atoms with Gasteiger partial charge in [-0.1, -0.05) is 34.6 Å². The molecule has 0 bridgehead atoms. The van der Waals surface area contributed by atoms with Gasteiger partial charge in [-0.3, -0.25) is 0 Å². The van der Waals surface area contributed by atoms with Gasteiger partial charge in [0.05, 0.1) is 0 Å². The van der Waals surface area contributed by atoms with Gasteiger partial charge in [0.15, 0.2) is 0 Å². The second-order valence-electron chi connectivity index (χ2n) is 4.28. The minimum atomic E-state index is 0.874. The highest BCUT2D eigenvalue weighted by Crippen LogP contribution is 2.29. The van der Waals surface area contributed by atoms with Gasteiger partial charge in [0.2, 0.25) is 0 Å². The van der Waals surface area contributed by atoms with Gasteiger partial charge < -0.3 is 9.80 Å². The third kappa shape index (κ3) is 4.06. The molecule has 0 aromatic rings. The average molecular weight is 228 g/mol. The Morgan fingerprint density at radius 3 is 2.12 bits per heavy atom. The summed E-state index contributed by atoms with van der Waals surface area (Å²) in [6.07, 6.45) is 2.88. The fourth-order valence-corrected chi connectivity index (χ4v) is 2.70. The number of likely N-dealkylation sites (N-methyl/N-ethyl adjacent to an activating group) is 2. The van der Waals surface area contributed by atoms with Crippen LogP contribution in [0.5, 0.6) is 0 Å². The summed E-state index contributed by atoms with van der Waals surface area (Å²) in [7, 11) is 2.28. The van der Waals surface area contributed by atoms with Crippen molar-refractivity contribution in [2.24, 2.45) is 5.92 Å². The highest BCUT2D eigenvalue weighted by molar-refractivity contribution is 4.91. The Hall–Kier alpha value is -0.0800. The van der Waals surface area contributed by atoms with Crippen LogP contribution in [0.25, 0.3) is 0 Å². The Kier molecular flexibility index (Phi) is 8.96. The lowest BCUT2D eigenvalue weighted by Crippen LogP contribution is -2.46. The van der Waals surface area contributed by atoms with Crippen LogP contribution in [-0.2, 0) is 0 Å². The average Bonchev–Trinajstić information content (AvgIpc) is 2.75. The predicted molar refractivity (Wildman–Crippen MR) is 74.0 cm³/mol. The van der Waals surface area contributed by atoms with E-state index >= 15 is 0 Å². The van der Waals surface area contributed by atoms with Crippen molar-refractivity contribution < 1.29 is 0 Å². The minimum absolute atomic E-state index is 0.874. The summed E-state index contributed by atoms with van der Waals surface area (Å²) in [6, 6.07) is 0.874. The number of rotatable bonds is 1. The zero-order valence-corrected chi connectivity index (χ0v) is 12.3. The topological polar surface area (TPSA) is 6.48 Å². The van der Waals surface area contributed by atoms with Crippen molar-refractivity contribution in [3.63, 3.8) is 0 Å². The molecule has 2 heteroatoms. The van der Waals surface area contributed by atoms with Crippen LogP contribution in [0, 0.1) is 5.92 Å². The smallest absolute Gasteiger partial charge is 0.0249 e. The van der Waals surface area contributed by atoms with Crippen LogP contribution in [0.2, 0.25) is 0 Å². The maximum absolute atomic E-state index is 2.59. The minimum Gasteiger partial charge on any atom is -0.302 e. The molecular formula is C14H32N2. The molecule has 2 fully saturated rings. The number of fused-ring (bicyclic) bond motifs is 1. The lowest BCUT2D eigenvalue weighted by Gasteiger charge is -2.36. The second kappa shape index (κ2) is 9.00. The van der Waals surface area contributed by atoms with Crippen LogP contribution in [0.4, 0.5) is 0 Å². The molecule has 2 aliphatic heterocycles. The van der Waals surface area contributed by atoms with Gasteiger partial charge in [-0.15, -0.1) is 0 Å². The molecule has 0 radical (unpaired) electrons. The van der Waals surface area contributed by atoms with E-state index in [-0.39, 0.29) is 0 Å². The standard InChI is InChI=1S/C10H20N2.2C2H6/c1-3-12-7-5-9-4-6-11(2)10(9)8-12;2*1-2/h9-10H,3-8H2,1-2H3;2*1-2H3. The number of piperidine rings is 1. The Bertz CT molecular complexity index is 159. The normalized spacial score (nSPS) is 29.6. The highest BCUT2D eigenvalue weighted by atomic mass is 15.2. The molecule has 16 heavy (non-hydrogen) atoms. The Morgan fingerprint density at radius 1 is 1.00 bits per heavy atom. The molecule has 0 saturated carbocycles. The first kappa shape index (κ1) is 15.9. The summed E-state index contributed by atoms with van der Waals surface area (Å²) in [5.41, 5.74) is 0. The summed E-state index contributed by atoms with van der Waals surface area (Å²) < 4.78 is 0. The Balaban J connectivity index is 0.000000509. The van der Waals surface area contributed by atoms with E-state index in [0.29, 0.717) is 0 Å². The first-order valence-corrected chi connectivity index (χ1v) is 7.24. The van der Waals surface area contributed by atoms with Gasteiger partial charge >= 0.3 is 0 Å². The van der Waals surface area contributed by atoms with Crippen molar-refractivity contribution in [2.45, 2.75) is 53.5 Å². The second-order valence-corrected chi connectivity index (χ2v) is 4.28. The third-order valence-electron chi connectivity index (χ3n) is 3.67. The monoisotopic (exact) mass is 228 g/mol. The maximum Gasteiger partial charge on any atom is 0.0249 e. The summed E-state index contributed by atoms with van der Waals surface area (Å²) >= 11 is 0. The van der Waals surface area contributed by atoms with E-state index in [2.05, 4.69) is 23.8 Å². The number of nitrogens with zero attached hydrogens (tertiary/aromatic N) is 2. The molecule has 98 valence electrons. The van der Waals surface area contributed by atoms with E-state index in [4.69, 9.17) is 0 Å². The van der Waals surface area contributed by atoms with Gasteiger partial charge in [-0.2, -0.15) is 0 Å². The fraction of sp³-hybridized carbons (Fsp3) is 1.00. The third-order valence-corrected chi connectivity index (χ3v) is 3.67. The van der Waals surface area contributed by atoms with Crippen LogP contribution in [0.3, 0.4) is 0 Å². The van der Waals surface area contributed by atoms with Crippen molar-refractivity contribution in [2.75, 3.05) is 33.2 Å². The van der Waals surface area contributed by atoms with Crippen molar-refractivity contribution in [1.29, 1.82) is 0 Å². The lowest BCUT2D eigenvalue weighted by molar-refractivity contribution is 0.123. The van der Waals surface area contributed by atoms with Gasteiger partial charge in [0.25, 0.3) is 0 Å². The summed E-state index contributed by atoms with van der Waals surface area (Å²) in [5.74, 6) is 1.01. The molecule has 2 aliphatic rings. The van der Waals surface area contributed by atoms with Crippen LogP contribution >= 0.6 is 0 Å².